The molecule has 4 aromatic rings. The van der Waals surface area contributed by atoms with Crippen LogP contribution in [0.4, 0.5) is 8.78 Å². The number of pyridine rings is 1. The molecule has 0 fully saturated rings. The van der Waals surface area contributed by atoms with Crippen LogP contribution in [0.1, 0.15) is 66.2 Å². The second-order valence-corrected chi connectivity index (χ2v) is 11.1. The molecule has 0 saturated carbocycles. The minimum absolute atomic E-state index is 0.0400. The molecule has 0 aliphatic heterocycles. The van der Waals surface area contributed by atoms with Crippen LogP contribution < -0.4 is 4.74 Å². The number of hydrogen-bond acceptors (Lipinski definition) is 8. The van der Waals surface area contributed by atoms with Gasteiger partial charge in [0.15, 0.2) is 11.5 Å². The van der Waals surface area contributed by atoms with Crippen LogP contribution in [0.3, 0.4) is 0 Å². The molecular weight excluding hydrogens is 556 g/mol. The molecule has 1 aliphatic carbocycles. The van der Waals surface area contributed by atoms with E-state index in [0.29, 0.717) is 42.8 Å². The van der Waals surface area contributed by atoms with Gasteiger partial charge in [0.2, 0.25) is 5.82 Å². The lowest BCUT2D eigenvalue weighted by Crippen LogP contribution is -2.21. The summed E-state index contributed by atoms with van der Waals surface area (Å²) in [5.74, 6) is -1.55. The third-order valence-electron chi connectivity index (χ3n) is 7.30. The normalized spacial score (nSPS) is 15.0. The van der Waals surface area contributed by atoms with Crippen molar-refractivity contribution in [2.75, 3.05) is 0 Å². The van der Waals surface area contributed by atoms with Gasteiger partial charge in [-0.05, 0) is 62.8 Å². The molecule has 3 aromatic heterocycles. The van der Waals surface area contributed by atoms with E-state index in [1.807, 2.05) is 30.6 Å². The van der Waals surface area contributed by atoms with Crippen molar-refractivity contribution in [3.05, 3.63) is 82.7 Å². The fourth-order valence-corrected chi connectivity index (χ4v) is 4.95. The Labute approximate surface area is 245 Å². The van der Waals surface area contributed by atoms with Gasteiger partial charge in [-0.3, -0.25) is 0 Å². The average Bonchev–Trinajstić information content (AvgIpc) is 3.32. The Morgan fingerprint density at radius 3 is 2.65 bits per heavy atom. The second-order valence-electron chi connectivity index (χ2n) is 11.1. The number of carboxylic acid groups (broad SMARTS) is 1. The van der Waals surface area contributed by atoms with Crippen LogP contribution in [0.25, 0.3) is 16.7 Å². The van der Waals surface area contributed by atoms with Crippen molar-refractivity contribution in [2.45, 2.75) is 52.7 Å². The lowest BCUT2D eigenvalue weighted by Gasteiger charge is -2.23. The topological polar surface area (TPSA) is 151 Å². The van der Waals surface area contributed by atoms with Crippen LogP contribution in [0.15, 0.2) is 42.7 Å². The van der Waals surface area contributed by atoms with Gasteiger partial charge in [0.05, 0.1) is 34.9 Å². The van der Waals surface area contributed by atoms with E-state index in [1.165, 1.54) is 24.4 Å². The van der Waals surface area contributed by atoms with Crippen molar-refractivity contribution in [1.82, 2.24) is 24.5 Å². The molecular formula is C31H27F2N7O3. The number of imidazole rings is 1. The lowest BCUT2D eigenvalue weighted by molar-refractivity contribution is 0.0696. The highest BCUT2D eigenvalue weighted by atomic mass is 19.1. The minimum atomic E-state index is -1.09. The largest absolute Gasteiger partial charge is 0.478 e. The van der Waals surface area contributed by atoms with E-state index >= 15 is 0 Å². The number of carbonyl (C=O) groups is 1. The summed E-state index contributed by atoms with van der Waals surface area (Å²) in [5.41, 5.74) is 1.51. The number of allylic oxidation sites excluding steroid dienone is 2. The molecule has 12 heteroatoms. The molecule has 1 atom stereocenters. The number of ether oxygens (including phenoxy) is 1. The zero-order chi connectivity index (χ0) is 30.7. The highest BCUT2D eigenvalue weighted by Gasteiger charge is 2.26. The van der Waals surface area contributed by atoms with E-state index in [9.17, 15) is 23.9 Å². The molecule has 43 heavy (non-hydrogen) atoms. The Morgan fingerprint density at radius 2 is 1.98 bits per heavy atom. The number of fused-ring (bicyclic) bond motifs is 1. The van der Waals surface area contributed by atoms with E-state index < -0.39 is 23.0 Å². The molecule has 10 nitrogen and oxygen atoms in total. The number of carboxylic acids is 1. The second kappa shape index (κ2) is 11.9. The van der Waals surface area contributed by atoms with Gasteiger partial charge < -0.3 is 14.4 Å². The van der Waals surface area contributed by atoms with Crippen LogP contribution in [0.2, 0.25) is 0 Å². The van der Waals surface area contributed by atoms with Gasteiger partial charge in [-0.15, -0.1) is 0 Å². The van der Waals surface area contributed by atoms with Gasteiger partial charge in [0.1, 0.15) is 23.8 Å². The molecule has 1 N–H and O–H groups in total. The molecule has 1 aliphatic rings. The summed E-state index contributed by atoms with van der Waals surface area (Å²) >= 11 is 0. The number of hydrogen-bond donors (Lipinski definition) is 1. The van der Waals surface area contributed by atoms with E-state index in [2.05, 4.69) is 21.0 Å². The number of nitrogens with zero attached hydrogens (tertiary/aromatic N) is 7. The summed E-state index contributed by atoms with van der Waals surface area (Å²) in [5, 5.41) is 27.9. The molecule has 3 heterocycles. The SMILES string of the molecule is CC(C)(C#N)Cn1c(CC2CC=C(c3ncc(F)c(OCc4ccc(C#N)cc4F)n3)CC2)nc2cc(C(=O)O)cnc21. The summed E-state index contributed by atoms with van der Waals surface area (Å²) in [7, 11) is 0. The summed E-state index contributed by atoms with van der Waals surface area (Å²) in [6, 6.07) is 9.61. The zero-order valence-electron chi connectivity index (χ0n) is 23.5. The fourth-order valence-electron chi connectivity index (χ4n) is 4.95. The zero-order valence-corrected chi connectivity index (χ0v) is 23.5. The Morgan fingerprint density at radius 1 is 1.16 bits per heavy atom. The third kappa shape index (κ3) is 6.49. The van der Waals surface area contributed by atoms with Crippen molar-refractivity contribution < 1.29 is 23.4 Å². The molecule has 5 rings (SSSR count). The average molecular weight is 584 g/mol. The molecule has 0 radical (unpaired) electrons. The van der Waals surface area contributed by atoms with Crippen molar-refractivity contribution in [3.8, 4) is 18.0 Å². The van der Waals surface area contributed by atoms with Gasteiger partial charge in [0.25, 0.3) is 5.88 Å². The smallest absolute Gasteiger partial charge is 0.337 e. The van der Waals surface area contributed by atoms with Crippen molar-refractivity contribution in [1.29, 1.82) is 10.5 Å². The van der Waals surface area contributed by atoms with Gasteiger partial charge >= 0.3 is 5.97 Å². The number of aromatic nitrogens is 5. The first-order valence-electron chi connectivity index (χ1n) is 13.6. The standard InChI is InChI=1S/C31H27F2N7O3/c1-31(2,16-35)17-40-26(38-25-11-22(30(41)42)13-37-28(25)40)10-18-3-6-20(7-4-18)27-36-14-24(33)29(39-27)43-15-21-8-5-19(12-34)9-23(21)32/h5-6,8-9,11,13-14,18H,3-4,7,10,15,17H2,1-2H3,(H,41,42). The van der Waals surface area contributed by atoms with Crippen molar-refractivity contribution in [3.63, 3.8) is 0 Å². The third-order valence-corrected chi connectivity index (χ3v) is 7.30. The first-order chi connectivity index (χ1) is 20.6. The predicted octanol–water partition coefficient (Wildman–Crippen LogP) is 5.62. The van der Waals surface area contributed by atoms with E-state index in [0.717, 1.165) is 30.1 Å². The number of halogens is 2. The minimum Gasteiger partial charge on any atom is -0.478 e. The van der Waals surface area contributed by atoms with Gasteiger partial charge in [-0.1, -0.05) is 12.1 Å². The quantitative estimate of drug-likeness (QED) is 0.265. The van der Waals surface area contributed by atoms with Crippen LogP contribution >= 0.6 is 0 Å². The maximum absolute atomic E-state index is 14.4. The summed E-state index contributed by atoms with van der Waals surface area (Å²) in [6.45, 7) is 3.73. The molecule has 0 saturated heterocycles. The number of benzene rings is 1. The van der Waals surface area contributed by atoms with Gasteiger partial charge in [-0.2, -0.15) is 19.9 Å². The molecule has 1 aromatic carbocycles. The monoisotopic (exact) mass is 583 g/mol. The fraction of sp³-hybridized carbons (Fsp3) is 0.323. The summed E-state index contributed by atoms with van der Waals surface area (Å²) in [4.78, 5) is 28.9. The lowest BCUT2D eigenvalue weighted by atomic mass is 9.86. The predicted molar refractivity (Wildman–Crippen MR) is 150 cm³/mol. The van der Waals surface area contributed by atoms with Crippen molar-refractivity contribution in [2.24, 2.45) is 11.3 Å². The van der Waals surface area contributed by atoms with Crippen LogP contribution in [0.5, 0.6) is 5.88 Å². The van der Waals surface area contributed by atoms with Crippen LogP contribution in [-0.4, -0.2) is 35.6 Å². The Hall–Kier alpha value is -5.23. The summed E-state index contributed by atoms with van der Waals surface area (Å²) in [6.07, 6.45) is 6.95. The van der Waals surface area contributed by atoms with E-state index in [-0.39, 0.29) is 35.1 Å². The number of rotatable bonds is 9. The Kier molecular flexibility index (Phi) is 8.13. The van der Waals surface area contributed by atoms with Crippen LogP contribution in [0, 0.1) is 45.6 Å². The number of aromatic carboxylic acids is 1. The van der Waals surface area contributed by atoms with E-state index in [4.69, 9.17) is 15.0 Å². The van der Waals surface area contributed by atoms with E-state index in [1.54, 1.807) is 0 Å². The highest BCUT2D eigenvalue weighted by Crippen LogP contribution is 2.33. The van der Waals surface area contributed by atoms with Gasteiger partial charge in [0, 0.05) is 24.7 Å². The first kappa shape index (κ1) is 29.3. The maximum atomic E-state index is 14.4. The van der Waals surface area contributed by atoms with Crippen molar-refractivity contribution >= 4 is 22.7 Å². The molecule has 1 unspecified atom stereocenters. The maximum Gasteiger partial charge on any atom is 0.337 e. The Balaban J connectivity index is 1.32. The first-order valence-corrected chi connectivity index (χ1v) is 13.6. The molecule has 0 amide bonds. The molecule has 0 bridgehead atoms. The molecule has 0 spiro atoms. The van der Waals surface area contributed by atoms with Gasteiger partial charge in [-0.25, -0.2) is 24.1 Å². The number of nitriles is 2. The highest BCUT2D eigenvalue weighted by molar-refractivity contribution is 5.90. The summed E-state index contributed by atoms with van der Waals surface area (Å²) < 4.78 is 36.0. The molecule has 218 valence electrons. The van der Waals surface area contributed by atoms with Crippen LogP contribution in [-0.2, 0) is 19.6 Å². The Bertz CT molecular complexity index is 1840.